The van der Waals surface area contributed by atoms with E-state index in [0.717, 1.165) is 16.8 Å². The van der Waals surface area contributed by atoms with E-state index in [9.17, 15) is 4.79 Å². The Bertz CT molecular complexity index is 358. The highest BCUT2D eigenvalue weighted by Gasteiger charge is 2.01. The van der Waals surface area contributed by atoms with Crippen LogP contribution in [0.4, 0.5) is 5.69 Å². The predicted octanol–water partition coefficient (Wildman–Crippen LogP) is 1.58. The molecule has 14 heavy (non-hydrogen) atoms. The van der Waals surface area contributed by atoms with Gasteiger partial charge in [0, 0.05) is 12.2 Å². The van der Waals surface area contributed by atoms with Crippen molar-refractivity contribution in [1.82, 2.24) is 0 Å². The van der Waals surface area contributed by atoms with Crippen molar-refractivity contribution in [2.24, 2.45) is 5.73 Å². The lowest BCUT2D eigenvalue weighted by molar-refractivity contribution is -0.111. The second-order valence-corrected chi connectivity index (χ2v) is 3.05. The third-order valence-electron chi connectivity index (χ3n) is 1.97. The number of rotatable bonds is 3. The first kappa shape index (κ1) is 10.5. The third kappa shape index (κ3) is 2.44. The second kappa shape index (κ2) is 4.58. The zero-order chi connectivity index (χ0) is 10.6. The van der Waals surface area contributed by atoms with Crippen LogP contribution < -0.4 is 11.1 Å². The number of nitrogens with two attached hydrogens (primary N) is 1. The minimum atomic E-state index is -0.200. The van der Waals surface area contributed by atoms with Gasteiger partial charge >= 0.3 is 0 Å². The SMILES string of the molecule is C=CC(=O)Nc1ccc(CN)cc1C. The summed E-state index contributed by atoms with van der Waals surface area (Å²) < 4.78 is 0. The molecule has 0 radical (unpaired) electrons. The Balaban J connectivity index is 2.88. The summed E-state index contributed by atoms with van der Waals surface area (Å²) in [4.78, 5) is 11.0. The fourth-order valence-corrected chi connectivity index (χ4v) is 1.18. The van der Waals surface area contributed by atoms with E-state index in [1.54, 1.807) is 0 Å². The number of carbonyl (C=O) groups is 1. The molecule has 0 aliphatic heterocycles. The molecule has 0 aromatic heterocycles. The van der Waals surface area contributed by atoms with Crippen LogP contribution in [-0.4, -0.2) is 5.91 Å². The van der Waals surface area contributed by atoms with E-state index in [4.69, 9.17) is 5.73 Å². The zero-order valence-corrected chi connectivity index (χ0v) is 8.21. The van der Waals surface area contributed by atoms with Crippen LogP contribution >= 0.6 is 0 Å². The summed E-state index contributed by atoms with van der Waals surface area (Å²) in [6, 6.07) is 5.70. The van der Waals surface area contributed by atoms with Crippen molar-refractivity contribution in [2.75, 3.05) is 5.32 Å². The van der Waals surface area contributed by atoms with Gasteiger partial charge in [-0.15, -0.1) is 0 Å². The van der Waals surface area contributed by atoms with Crippen LogP contribution in [0.25, 0.3) is 0 Å². The molecule has 0 saturated carbocycles. The van der Waals surface area contributed by atoms with E-state index in [1.165, 1.54) is 6.08 Å². The van der Waals surface area contributed by atoms with Crippen molar-refractivity contribution in [3.05, 3.63) is 42.0 Å². The molecule has 1 amide bonds. The van der Waals surface area contributed by atoms with Crippen molar-refractivity contribution < 1.29 is 4.79 Å². The molecule has 74 valence electrons. The number of carbonyl (C=O) groups excluding carboxylic acids is 1. The largest absolute Gasteiger partial charge is 0.326 e. The molecule has 0 heterocycles. The first-order valence-corrected chi connectivity index (χ1v) is 4.40. The summed E-state index contributed by atoms with van der Waals surface area (Å²) in [7, 11) is 0. The van der Waals surface area contributed by atoms with Gasteiger partial charge in [-0.1, -0.05) is 18.7 Å². The highest BCUT2D eigenvalue weighted by molar-refractivity contribution is 5.99. The van der Waals surface area contributed by atoms with E-state index in [0.29, 0.717) is 6.54 Å². The molecule has 0 spiro atoms. The first-order valence-electron chi connectivity index (χ1n) is 4.40. The van der Waals surface area contributed by atoms with E-state index < -0.39 is 0 Å². The molecule has 1 aromatic rings. The lowest BCUT2D eigenvalue weighted by Crippen LogP contribution is -2.09. The molecule has 1 rings (SSSR count). The molecular weight excluding hydrogens is 176 g/mol. The van der Waals surface area contributed by atoms with Gasteiger partial charge in [0.15, 0.2) is 0 Å². The smallest absolute Gasteiger partial charge is 0.247 e. The van der Waals surface area contributed by atoms with Crippen LogP contribution in [0.1, 0.15) is 11.1 Å². The van der Waals surface area contributed by atoms with Gasteiger partial charge < -0.3 is 11.1 Å². The Morgan fingerprint density at radius 1 is 1.64 bits per heavy atom. The predicted molar refractivity (Wildman–Crippen MR) is 57.9 cm³/mol. The molecule has 0 saturated heterocycles. The Morgan fingerprint density at radius 2 is 2.36 bits per heavy atom. The summed E-state index contributed by atoms with van der Waals surface area (Å²) in [6.45, 7) is 5.83. The quantitative estimate of drug-likeness (QED) is 0.711. The van der Waals surface area contributed by atoms with Crippen molar-refractivity contribution in [3.8, 4) is 0 Å². The van der Waals surface area contributed by atoms with Crippen LogP contribution in [0.2, 0.25) is 0 Å². The van der Waals surface area contributed by atoms with Crippen LogP contribution in [-0.2, 0) is 11.3 Å². The van der Waals surface area contributed by atoms with Gasteiger partial charge in [0.25, 0.3) is 0 Å². The Labute approximate surface area is 83.6 Å². The van der Waals surface area contributed by atoms with Crippen LogP contribution in [0.15, 0.2) is 30.9 Å². The Morgan fingerprint density at radius 3 is 2.86 bits per heavy atom. The lowest BCUT2D eigenvalue weighted by atomic mass is 10.1. The van der Waals surface area contributed by atoms with Crippen molar-refractivity contribution in [2.45, 2.75) is 13.5 Å². The number of anilines is 1. The van der Waals surface area contributed by atoms with Crippen molar-refractivity contribution in [3.63, 3.8) is 0 Å². The van der Waals surface area contributed by atoms with Gasteiger partial charge in [-0.25, -0.2) is 0 Å². The molecule has 0 bridgehead atoms. The molecule has 3 nitrogen and oxygen atoms in total. The maximum absolute atomic E-state index is 11.0. The average molecular weight is 190 g/mol. The van der Waals surface area contributed by atoms with Crippen molar-refractivity contribution >= 4 is 11.6 Å². The maximum atomic E-state index is 11.0. The molecule has 0 aliphatic rings. The lowest BCUT2D eigenvalue weighted by Gasteiger charge is -2.07. The topological polar surface area (TPSA) is 55.1 Å². The monoisotopic (exact) mass is 190 g/mol. The molecule has 3 N–H and O–H groups in total. The zero-order valence-electron chi connectivity index (χ0n) is 8.21. The average Bonchev–Trinajstić information content (AvgIpc) is 2.20. The van der Waals surface area contributed by atoms with Gasteiger partial charge in [-0.2, -0.15) is 0 Å². The fourth-order valence-electron chi connectivity index (χ4n) is 1.18. The van der Waals surface area contributed by atoms with Crippen molar-refractivity contribution in [1.29, 1.82) is 0 Å². The van der Waals surface area contributed by atoms with Crippen LogP contribution in [0.5, 0.6) is 0 Å². The van der Waals surface area contributed by atoms with Gasteiger partial charge in [0.1, 0.15) is 0 Å². The molecule has 0 unspecified atom stereocenters. The van der Waals surface area contributed by atoms with Gasteiger partial charge in [-0.05, 0) is 30.2 Å². The third-order valence-corrected chi connectivity index (χ3v) is 1.97. The maximum Gasteiger partial charge on any atom is 0.247 e. The van der Waals surface area contributed by atoms with Gasteiger partial charge in [0.2, 0.25) is 5.91 Å². The number of nitrogens with one attached hydrogen (secondary N) is 1. The van der Waals surface area contributed by atoms with E-state index in [2.05, 4.69) is 11.9 Å². The van der Waals surface area contributed by atoms with E-state index in [-0.39, 0.29) is 5.91 Å². The fraction of sp³-hybridized carbons (Fsp3) is 0.182. The molecule has 0 aliphatic carbocycles. The summed E-state index contributed by atoms with van der Waals surface area (Å²) >= 11 is 0. The van der Waals surface area contributed by atoms with Crippen LogP contribution in [0.3, 0.4) is 0 Å². The molecule has 3 heteroatoms. The molecule has 1 aromatic carbocycles. The normalized spacial score (nSPS) is 9.57. The first-order chi connectivity index (χ1) is 6.67. The van der Waals surface area contributed by atoms with Crippen LogP contribution in [0, 0.1) is 6.92 Å². The number of aryl methyl sites for hydroxylation is 1. The molecule has 0 fully saturated rings. The van der Waals surface area contributed by atoms with E-state index >= 15 is 0 Å². The molecular formula is C11H14N2O. The highest BCUT2D eigenvalue weighted by atomic mass is 16.1. The van der Waals surface area contributed by atoms with Gasteiger partial charge in [0.05, 0.1) is 0 Å². The van der Waals surface area contributed by atoms with Gasteiger partial charge in [-0.3, -0.25) is 4.79 Å². The minimum Gasteiger partial charge on any atom is -0.326 e. The van der Waals surface area contributed by atoms with E-state index in [1.807, 2.05) is 25.1 Å². The summed E-state index contributed by atoms with van der Waals surface area (Å²) in [6.07, 6.45) is 1.25. The number of amides is 1. The summed E-state index contributed by atoms with van der Waals surface area (Å²) in [5.74, 6) is -0.200. The summed E-state index contributed by atoms with van der Waals surface area (Å²) in [5.41, 5.74) is 8.35. The number of benzene rings is 1. The molecule has 0 atom stereocenters. The number of hydrogen-bond acceptors (Lipinski definition) is 2. The number of hydrogen-bond donors (Lipinski definition) is 2. The summed E-state index contributed by atoms with van der Waals surface area (Å²) in [5, 5.41) is 2.71. The Kier molecular flexibility index (Phi) is 3.42. The second-order valence-electron chi connectivity index (χ2n) is 3.05. The standard InChI is InChI=1S/C11H14N2O/c1-3-11(14)13-10-5-4-9(7-12)6-8(10)2/h3-6H,1,7,12H2,2H3,(H,13,14). The minimum absolute atomic E-state index is 0.200. The Hall–Kier alpha value is -1.61. The highest BCUT2D eigenvalue weighted by Crippen LogP contribution is 2.16.